The SMILES string of the molecule is CCCCN1/C(=C/C=C2\CCC/C(=C\C=C3\N(CCCC)c4ccc(S(=O)(=O)O)cc4C3(C)C)C2=O)C(C)(C)c2cc(S(=O)(=O)O)ccc21. The van der Waals surface area contributed by atoms with Gasteiger partial charge >= 0.3 is 0 Å². The van der Waals surface area contributed by atoms with Gasteiger partial charge in [0.05, 0.1) is 9.79 Å². The molecular formula is C38H48N2O7S2. The summed E-state index contributed by atoms with van der Waals surface area (Å²) in [6.45, 7) is 13.8. The van der Waals surface area contributed by atoms with Crippen molar-refractivity contribution >= 4 is 37.4 Å². The molecule has 1 saturated carbocycles. The lowest BCUT2D eigenvalue weighted by molar-refractivity contribution is -0.113. The Hall–Kier alpha value is -3.51. The highest BCUT2D eigenvalue weighted by Crippen LogP contribution is 2.50. The number of hydrogen-bond acceptors (Lipinski definition) is 7. The fourth-order valence-corrected chi connectivity index (χ4v) is 8.34. The van der Waals surface area contributed by atoms with Crippen LogP contribution < -0.4 is 9.80 Å². The Labute approximate surface area is 291 Å². The van der Waals surface area contributed by atoms with Gasteiger partial charge in [-0.05, 0) is 103 Å². The van der Waals surface area contributed by atoms with Gasteiger partial charge in [0.2, 0.25) is 0 Å². The fourth-order valence-electron chi connectivity index (χ4n) is 7.32. The summed E-state index contributed by atoms with van der Waals surface area (Å²) >= 11 is 0. The highest BCUT2D eigenvalue weighted by Gasteiger charge is 2.42. The third-order valence-corrected chi connectivity index (χ3v) is 11.9. The van der Waals surface area contributed by atoms with E-state index in [9.17, 15) is 30.7 Å². The van der Waals surface area contributed by atoms with Crippen LogP contribution in [0, 0.1) is 0 Å². The molecule has 0 spiro atoms. The van der Waals surface area contributed by atoms with Gasteiger partial charge in [-0.1, -0.05) is 66.5 Å². The summed E-state index contributed by atoms with van der Waals surface area (Å²) in [6, 6.07) is 9.46. The van der Waals surface area contributed by atoms with Gasteiger partial charge < -0.3 is 9.80 Å². The molecule has 5 rings (SSSR count). The number of Topliss-reactive ketones (excluding diaryl/α,β-unsaturated/α-hetero) is 1. The molecule has 3 aliphatic rings. The van der Waals surface area contributed by atoms with Gasteiger partial charge in [0.15, 0.2) is 5.78 Å². The molecule has 0 aromatic heterocycles. The molecule has 11 heteroatoms. The van der Waals surface area contributed by atoms with Gasteiger partial charge in [-0.25, -0.2) is 0 Å². The summed E-state index contributed by atoms with van der Waals surface area (Å²) in [6.07, 6.45) is 13.7. The van der Waals surface area contributed by atoms with E-state index in [1.54, 1.807) is 24.3 Å². The van der Waals surface area contributed by atoms with Crippen molar-refractivity contribution in [3.63, 3.8) is 0 Å². The highest BCUT2D eigenvalue weighted by molar-refractivity contribution is 7.86. The Bertz CT molecular complexity index is 1860. The Morgan fingerprint density at radius 1 is 0.673 bits per heavy atom. The monoisotopic (exact) mass is 708 g/mol. The first-order chi connectivity index (χ1) is 22.9. The second-order valence-electron chi connectivity index (χ2n) is 14.2. The summed E-state index contributed by atoms with van der Waals surface area (Å²) in [5, 5.41) is 0. The van der Waals surface area contributed by atoms with Crippen molar-refractivity contribution in [3.05, 3.63) is 94.4 Å². The number of carbonyl (C=O) groups excluding carboxylic acids is 1. The van der Waals surface area contributed by atoms with Crippen LogP contribution in [0.25, 0.3) is 0 Å². The van der Waals surface area contributed by atoms with Crippen LogP contribution in [0.2, 0.25) is 0 Å². The molecule has 9 nitrogen and oxygen atoms in total. The maximum absolute atomic E-state index is 13.9. The molecule has 2 aromatic carbocycles. The summed E-state index contributed by atoms with van der Waals surface area (Å²) in [7, 11) is -8.73. The number of allylic oxidation sites excluding steroid dienone is 8. The first-order valence-electron chi connectivity index (χ1n) is 17.1. The highest BCUT2D eigenvalue weighted by atomic mass is 32.2. The zero-order chi connectivity index (χ0) is 35.9. The average Bonchev–Trinajstić information content (AvgIpc) is 3.38. The Balaban J connectivity index is 1.50. The van der Waals surface area contributed by atoms with Crippen molar-refractivity contribution < 1.29 is 30.7 Å². The quantitative estimate of drug-likeness (QED) is 0.186. The number of benzene rings is 2. The Morgan fingerprint density at radius 2 is 1.06 bits per heavy atom. The molecule has 264 valence electrons. The standard InChI is InChI=1S/C38H48N2O7S2/c1-7-9-22-39-32-18-16-28(48(42,43)44)24-30(32)37(3,4)34(39)20-14-26-12-11-13-27(36(26)41)15-21-35-38(5,6)31-25-29(49(45,46)47)17-19-33(31)40(35)23-10-8-2/h14-21,24-25H,7-13,22-23H2,1-6H3,(H,42,43,44)(H,45,46,47)/b26-14+,27-15+,34-20+,35-21+. The van der Waals surface area contributed by atoms with Crippen LogP contribution in [0.5, 0.6) is 0 Å². The Kier molecular flexibility index (Phi) is 10.2. The van der Waals surface area contributed by atoms with Crippen LogP contribution in [0.3, 0.4) is 0 Å². The van der Waals surface area contributed by atoms with Crippen LogP contribution in [0.1, 0.15) is 97.6 Å². The molecule has 2 N–H and O–H groups in total. The minimum atomic E-state index is -4.36. The maximum atomic E-state index is 13.9. The smallest absolute Gasteiger partial charge is 0.294 e. The molecule has 2 heterocycles. The molecule has 0 radical (unpaired) electrons. The van der Waals surface area contributed by atoms with Crippen LogP contribution in [-0.4, -0.2) is 44.8 Å². The first kappa shape index (κ1) is 36.8. The van der Waals surface area contributed by atoms with E-state index in [2.05, 4.69) is 23.6 Å². The molecular weight excluding hydrogens is 661 g/mol. The fraction of sp³-hybridized carbons (Fsp3) is 0.447. The maximum Gasteiger partial charge on any atom is 0.294 e. The molecule has 2 aliphatic heterocycles. The van der Waals surface area contributed by atoms with E-state index in [1.807, 2.05) is 52.0 Å². The molecule has 0 unspecified atom stereocenters. The number of anilines is 2. The largest absolute Gasteiger partial charge is 0.344 e. The van der Waals surface area contributed by atoms with Crippen molar-refractivity contribution in [3.8, 4) is 0 Å². The second kappa shape index (κ2) is 13.7. The number of fused-ring (bicyclic) bond motifs is 2. The van der Waals surface area contributed by atoms with Crippen molar-refractivity contribution in [2.45, 2.75) is 107 Å². The summed E-state index contributed by atoms with van der Waals surface area (Å²) < 4.78 is 67.3. The second-order valence-corrected chi connectivity index (χ2v) is 17.1. The number of rotatable bonds is 10. The number of carbonyl (C=O) groups is 1. The van der Waals surface area contributed by atoms with Gasteiger partial charge in [-0.15, -0.1) is 0 Å². The van der Waals surface area contributed by atoms with E-state index in [0.29, 0.717) is 24.0 Å². The first-order valence-corrected chi connectivity index (χ1v) is 20.0. The van der Waals surface area contributed by atoms with Gasteiger partial charge in [0.1, 0.15) is 0 Å². The van der Waals surface area contributed by atoms with E-state index >= 15 is 0 Å². The Morgan fingerprint density at radius 3 is 1.41 bits per heavy atom. The molecule has 1 aliphatic carbocycles. The summed E-state index contributed by atoms with van der Waals surface area (Å²) in [5.41, 5.74) is 5.61. The number of hydrogen-bond donors (Lipinski definition) is 2. The van der Waals surface area contributed by atoms with E-state index < -0.39 is 31.1 Å². The minimum Gasteiger partial charge on any atom is -0.344 e. The number of unbranched alkanes of at least 4 members (excludes halogenated alkanes) is 2. The zero-order valence-electron chi connectivity index (χ0n) is 29.3. The molecule has 0 amide bonds. The topological polar surface area (TPSA) is 132 Å². The number of nitrogens with zero attached hydrogens (tertiary/aromatic N) is 2. The van der Waals surface area contributed by atoms with Gasteiger partial charge in [-0.2, -0.15) is 16.8 Å². The third kappa shape index (κ3) is 7.08. The van der Waals surface area contributed by atoms with E-state index in [-0.39, 0.29) is 15.6 Å². The lowest BCUT2D eigenvalue weighted by Gasteiger charge is -2.27. The van der Waals surface area contributed by atoms with E-state index in [4.69, 9.17) is 0 Å². The summed E-state index contributed by atoms with van der Waals surface area (Å²) in [5.74, 6) is -0.0101. The molecule has 0 bridgehead atoms. The average molecular weight is 709 g/mol. The molecule has 2 aromatic rings. The van der Waals surface area contributed by atoms with E-state index in [0.717, 1.165) is 79.1 Å². The lowest BCUT2D eigenvalue weighted by Crippen LogP contribution is -2.27. The van der Waals surface area contributed by atoms with Crippen molar-refractivity contribution in [2.24, 2.45) is 0 Å². The van der Waals surface area contributed by atoms with Gasteiger partial charge in [-0.3, -0.25) is 13.9 Å². The molecule has 1 fully saturated rings. The van der Waals surface area contributed by atoms with Crippen LogP contribution in [0.4, 0.5) is 11.4 Å². The molecule has 0 saturated heterocycles. The van der Waals surface area contributed by atoms with E-state index in [1.165, 1.54) is 12.1 Å². The van der Waals surface area contributed by atoms with Crippen LogP contribution in [-0.2, 0) is 35.9 Å². The van der Waals surface area contributed by atoms with Crippen LogP contribution in [0.15, 0.2) is 93.0 Å². The predicted molar refractivity (Wildman–Crippen MR) is 194 cm³/mol. The van der Waals surface area contributed by atoms with Crippen molar-refractivity contribution in [1.29, 1.82) is 0 Å². The number of ketones is 1. The van der Waals surface area contributed by atoms with Crippen molar-refractivity contribution in [2.75, 3.05) is 22.9 Å². The normalized spacial score (nSPS) is 22.1. The third-order valence-electron chi connectivity index (χ3n) is 10.2. The molecule has 49 heavy (non-hydrogen) atoms. The van der Waals surface area contributed by atoms with Gasteiger partial charge in [0.25, 0.3) is 20.2 Å². The zero-order valence-corrected chi connectivity index (χ0v) is 30.9. The van der Waals surface area contributed by atoms with Crippen molar-refractivity contribution in [1.82, 2.24) is 0 Å². The van der Waals surface area contributed by atoms with Gasteiger partial charge in [0, 0.05) is 46.7 Å². The van der Waals surface area contributed by atoms with Crippen LogP contribution >= 0.6 is 0 Å². The minimum absolute atomic E-state index is 0.0101. The molecule has 0 atom stereocenters. The lowest BCUT2D eigenvalue weighted by atomic mass is 9.82. The summed E-state index contributed by atoms with van der Waals surface area (Å²) in [4.78, 5) is 18.0. The predicted octanol–water partition coefficient (Wildman–Crippen LogP) is 8.05.